The molecule has 3 rings (SSSR count). The normalized spacial score (nSPS) is 31.8. The maximum absolute atomic E-state index is 10.00. The molecule has 1 aromatic carbocycles. The first-order chi connectivity index (χ1) is 8.63. The van der Waals surface area contributed by atoms with Crippen molar-refractivity contribution in [2.24, 2.45) is 0 Å². The molecule has 2 heterocycles. The topological polar surface area (TPSA) is 41.5 Å². The third-order valence-electron chi connectivity index (χ3n) is 4.22. The summed E-state index contributed by atoms with van der Waals surface area (Å²) in [6, 6.07) is 6.49. The minimum Gasteiger partial charge on any atom is -0.508 e. The summed E-state index contributed by atoms with van der Waals surface area (Å²) in [6.45, 7) is 4.10. The Labute approximate surface area is 108 Å². The van der Waals surface area contributed by atoms with Crippen molar-refractivity contribution in [3.63, 3.8) is 0 Å². The van der Waals surface area contributed by atoms with Crippen molar-refractivity contribution in [2.75, 3.05) is 0 Å². The summed E-state index contributed by atoms with van der Waals surface area (Å²) >= 11 is 0. The molecule has 2 aliphatic heterocycles. The molecule has 3 heteroatoms. The fourth-order valence-corrected chi connectivity index (χ4v) is 3.24. The zero-order valence-electron chi connectivity index (χ0n) is 11.0. The van der Waals surface area contributed by atoms with Crippen LogP contribution in [0.3, 0.4) is 0 Å². The molecule has 4 unspecified atom stereocenters. The molecule has 2 N–H and O–H groups in total. The lowest BCUT2D eigenvalue weighted by atomic mass is 9.94. The third kappa shape index (κ3) is 2.13. The molecule has 18 heavy (non-hydrogen) atoms. The molecule has 0 saturated carbocycles. The second-order valence-electron chi connectivity index (χ2n) is 5.67. The molecule has 2 fully saturated rings. The fourth-order valence-electron chi connectivity index (χ4n) is 3.24. The Balaban J connectivity index is 1.69. The summed E-state index contributed by atoms with van der Waals surface area (Å²) in [6.07, 6.45) is 4.35. The van der Waals surface area contributed by atoms with Gasteiger partial charge in [0.2, 0.25) is 0 Å². The fraction of sp³-hybridized carbons (Fsp3) is 0.600. The molecule has 1 aromatic rings. The monoisotopic (exact) mass is 247 g/mol. The maximum atomic E-state index is 10.00. The van der Waals surface area contributed by atoms with Gasteiger partial charge in [0.05, 0.1) is 12.2 Å². The lowest BCUT2D eigenvalue weighted by Gasteiger charge is -2.25. The van der Waals surface area contributed by atoms with Gasteiger partial charge in [0.1, 0.15) is 5.75 Å². The van der Waals surface area contributed by atoms with E-state index in [1.54, 1.807) is 0 Å². The van der Waals surface area contributed by atoms with Crippen LogP contribution in [0.5, 0.6) is 5.75 Å². The van der Waals surface area contributed by atoms with Crippen molar-refractivity contribution in [1.82, 2.24) is 5.32 Å². The first kappa shape index (κ1) is 12.0. The number of rotatable bonds is 3. The number of aromatic hydroxyl groups is 1. The summed E-state index contributed by atoms with van der Waals surface area (Å²) < 4.78 is 5.85. The summed E-state index contributed by atoms with van der Waals surface area (Å²) in [4.78, 5) is 0. The van der Waals surface area contributed by atoms with Gasteiger partial charge in [-0.3, -0.25) is 0 Å². The number of fused-ring (bicyclic) bond motifs is 2. The van der Waals surface area contributed by atoms with E-state index in [1.807, 2.05) is 25.1 Å². The van der Waals surface area contributed by atoms with E-state index in [9.17, 15) is 5.11 Å². The molecule has 2 bridgehead atoms. The van der Waals surface area contributed by atoms with Crippen LogP contribution in [0, 0.1) is 6.92 Å². The maximum Gasteiger partial charge on any atom is 0.120 e. The molecule has 4 atom stereocenters. The summed E-state index contributed by atoms with van der Waals surface area (Å²) in [7, 11) is 0. The molecule has 0 amide bonds. The largest absolute Gasteiger partial charge is 0.508 e. The Bertz CT molecular complexity index is 446. The highest BCUT2D eigenvalue weighted by atomic mass is 16.5. The Morgan fingerprint density at radius 1 is 1.39 bits per heavy atom. The van der Waals surface area contributed by atoms with E-state index < -0.39 is 0 Å². The van der Waals surface area contributed by atoms with Crippen molar-refractivity contribution in [2.45, 2.75) is 57.4 Å². The lowest BCUT2D eigenvalue weighted by molar-refractivity contribution is 0.0962. The second-order valence-corrected chi connectivity index (χ2v) is 5.67. The highest BCUT2D eigenvalue weighted by molar-refractivity contribution is 5.37. The zero-order chi connectivity index (χ0) is 12.7. The van der Waals surface area contributed by atoms with Gasteiger partial charge in [0, 0.05) is 17.6 Å². The van der Waals surface area contributed by atoms with Crippen molar-refractivity contribution >= 4 is 0 Å². The van der Waals surface area contributed by atoms with Gasteiger partial charge >= 0.3 is 0 Å². The van der Waals surface area contributed by atoms with Crippen LogP contribution < -0.4 is 5.32 Å². The Hall–Kier alpha value is -1.06. The highest BCUT2D eigenvalue weighted by Gasteiger charge is 2.41. The van der Waals surface area contributed by atoms with Gasteiger partial charge in [-0.1, -0.05) is 12.1 Å². The summed E-state index contributed by atoms with van der Waals surface area (Å²) in [5, 5.41) is 13.6. The molecule has 0 aromatic heterocycles. The molecular weight excluding hydrogens is 226 g/mol. The number of benzene rings is 1. The van der Waals surface area contributed by atoms with E-state index in [0.717, 1.165) is 17.5 Å². The predicted molar refractivity (Wildman–Crippen MR) is 70.7 cm³/mol. The Kier molecular flexibility index (Phi) is 3.04. The van der Waals surface area contributed by atoms with Gasteiger partial charge in [-0.15, -0.1) is 0 Å². The number of nitrogens with one attached hydrogen (secondary N) is 1. The van der Waals surface area contributed by atoms with E-state index in [4.69, 9.17) is 4.74 Å². The number of aryl methyl sites for hydroxylation is 1. The van der Waals surface area contributed by atoms with Crippen molar-refractivity contribution in [1.29, 1.82) is 0 Å². The van der Waals surface area contributed by atoms with Crippen molar-refractivity contribution in [3.8, 4) is 5.75 Å². The number of ether oxygens (including phenoxy) is 1. The van der Waals surface area contributed by atoms with Gasteiger partial charge in [0.25, 0.3) is 0 Å². The number of phenolic OH excluding ortho intramolecular Hbond substituents is 1. The van der Waals surface area contributed by atoms with Crippen molar-refractivity contribution in [3.05, 3.63) is 29.3 Å². The average Bonchev–Trinajstić information content (AvgIpc) is 2.90. The SMILES string of the molecule is Cc1ccc(C(C)NC2CC3CCC2O3)c(O)c1. The smallest absolute Gasteiger partial charge is 0.120 e. The van der Waals surface area contributed by atoms with Crippen LogP contribution in [0.15, 0.2) is 18.2 Å². The van der Waals surface area contributed by atoms with Gasteiger partial charge in [-0.05, 0) is 44.7 Å². The van der Waals surface area contributed by atoms with Crippen LogP contribution in [0.4, 0.5) is 0 Å². The predicted octanol–water partition coefficient (Wildman–Crippen LogP) is 2.67. The van der Waals surface area contributed by atoms with Crippen LogP contribution in [0.1, 0.15) is 43.4 Å². The Morgan fingerprint density at radius 2 is 2.22 bits per heavy atom. The van der Waals surface area contributed by atoms with Crippen LogP contribution in [-0.4, -0.2) is 23.4 Å². The van der Waals surface area contributed by atoms with Gasteiger partial charge in [0.15, 0.2) is 0 Å². The minimum absolute atomic E-state index is 0.165. The van der Waals surface area contributed by atoms with Crippen LogP contribution in [0.2, 0.25) is 0 Å². The molecule has 2 saturated heterocycles. The third-order valence-corrected chi connectivity index (χ3v) is 4.22. The van der Waals surface area contributed by atoms with Crippen LogP contribution in [0.25, 0.3) is 0 Å². The minimum atomic E-state index is 0.165. The number of phenols is 1. The van der Waals surface area contributed by atoms with Gasteiger partial charge < -0.3 is 15.2 Å². The van der Waals surface area contributed by atoms with E-state index >= 15 is 0 Å². The van der Waals surface area contributed by atoms with E-state index in [2.05, 4.69) is 12.2 Å². The van der Waals surface area contributed by atoms with E-state index in [0.29, 0.717) is 24.0 Å². The van der Waals surface area contributed by atoms with Crippen molar-refractivity contribution < 1.29 is 9.84 Å². The number of hydrogen-bond acceptors (Lipinski definition) is 3. The standard InChI is InChI=1S/C15H21NO2/c1-9-3-5-12(14(17)7-9)10(2)16-13-8-11-4-6-15(13)18-11/h3,5,7,10-11,13,15-17H,4,6,8H2,1-2H3. The van der Waals surface area contributed by atoms with Crippen LogP contribution in [-0.2, 0) is 4.74 Å². The molecular formula is C15H21NO2. The Morgan fingerprint density at radius 3 is 2.83 bits per heavy atom. The first-order valence-corrected chi connectivity index (χ1v) is 6.84. The summed E-state index contributed by atoms with van der Waals surface area (Å²) in [5.74, 6) is 0.388. The molecule has 0 spiro atoms. The lowest BCUT2D eigenvalue weighted by Crippen LogP contribution is -2.39. The highest BCUT2D eigenvalue weighted by Crippen LogP contribution is 2.36. The van der Waals surface area contributed by atoms with Gasteiger partial charge in [-0.25, -0.2) is 0 Å². The first-order valence-electron chi connectivity index (χ1n) is 6.84. The molecule has 98 valence electrons. The van der Waals surface area contributed by atoms with E-state index in [1.165, 1.54) is 12.8 Å². The summed E-state index contributed by atoms with van der Waals surface area (Å²) in [5.41, 5.74) is 2.06. The quantitative estimate of drug-likeness (QED) is 0.863. The zero-order valence-corrected chi connectivity index (χ0v) is 11.0. The van der Waals surface area contributed by atoms with Crippen LogP contribution >= 0.6 is 0 Å². The molecule has 0 radical (unpaired) electrons. The molecule has 0 aliphatic carbocycles. The van der Waals surface area contributed by atoms with Gasteiger partial charge in [-0.2, -0.15) is 0 Å². The second kappa shape index (κ2) is 4.56. The molecule has 2 aliphatic rings. The average molecular weight is 247 g/mol. The van der Waals surface area contributed by atoms with E-state index in [-0.39, 0.29) is 6.04 Å². The number of hydrogen-bond donors (Lipinski definition) is 2. The molecule has 3 nitrogen and oxygen atoms in total.